The second kappa shape index (κ2) is 6.65. The third-order valence-electron chi connectivity index (χ3n) is 6.07. The van der Waals surface area contributed by atoms with E-state index in [4.69, 9.17) is 4.74 Å². The summed E-state index contributed by atoms with van der Waals surface area (Å²) in [7, 11) is 1.64. The van der Waals surface area contributed by atoms with Crippen LogP contribution in [0.15, 0.2) is 29.3 Å². The number of hydrogen-bond donors (Lipinski definition) is 2. The van der Waals surface area contributed by atoms with Crippen LogP contribution in [-0.4, -0.2) is 67.6 Å². The van der Waals surface area contributed by atoms with Crippen LogP contribution in [0.2, 0.25) is 0 Å². The van der Waals surface area contributed by atoms with E-state index < -0.39 is 17.3 Å². The van der Waals surface area contributed by atoms with E-state index in [1.165, 1.54) is 10.9 Å². The number of benzene rings is 1. The Hall–Kier alpha value is -2.29. The summed E-state index contributed by atoms with van der Waals surface area (Å²) in [5.41, 5.74) is -0.830. The number of fused-ring (bicyclic) bond motifs is 1. The number of carbonyl (C=O) groups is 1. The summed E-state index contributed by atoms with van der Waals surface area (Å²) in [6.45, 7) is 2.75. The molecule has 2 aromatic rings. The standard InChI is InChI=1S/C20H25N3O5/c1-19(27)11-20(28-10-16(19)24)5-7-23(8-6-20)17(25)13-3-4-14-15(9-13)21-12-22(2)18(14)26/h3-4,9,12,16,24,27H,5-8,10-11H2,1-2H3/t16-,19-/m0/s1. The van der Waals surface area contributed by atoms with Crippen molar-refractivity contribution in [3.8, 4) is 0 Å². The van der Waals surface area contributed by atoms with Gasteiger partial charge in [0.15, 0.2) is 0 Å². The first-order chi connectivity index (χ1) is 13.2. The number of piperidine rings is 1. The average molecular weight is 387 g/mol. The molecule has 2 N–H and O–H groups in total. The summed E-state index contributed by atoms with van der Waals surface area (Å²) >= 11 is 0. The Kier molecular flexibility index (Phi) is 4.52. The molecule has 2 aliphatic rings. The smallest absolute Gasteiger partial charge is 0.260 e. The van der Waals surface area contributed by atoms with Crippen LogP contribution in [0.25, 0.3) is 10.9 Å². The van der Waals surface area contributed by atoms with Crippen LogP contribution >= 0.6 is 0 Å². The van der Waals surface area contributed by atoms with Gasteiger partial charge in [0.2, 0.25) is 0 Å². The van der Waals surface area contributed by atoms with Crippen LogP contribution in [0.4, 0.5) is 0 Å². The largest absolute Gasteiger partial charge is 0.388 e. The molecule has 1 aromatic carbocycles. The summed E-state index contributed by atoms with van der Waals surface area (Å²) in [6.07, 6.45) is 2.12. The van der Waals surface area contributed by atoms with E-state index in [9.17, 15) is 19.8 Å². The van der Waals surface area contributed by atoms with Crippen LogP contribution in [0, 0.1) is 0 Å². The van der Waals surface area contributed by atoms with Crippen molar-refractivity contribution < 1.29 is 19.7 Å². The lowest BCUT2D eigenvalue weighted by atomic mass is 9.76. The Bertz CT molecular complexity index is 975. The van der Waals surface area contributed by atoms with Crippen molar-refractivity contribution in [2.45, 2.75) is 43.5 Å². The van der Waals surface area contributed by atoms with Crippen molar-refractivity contribution in [3.63, 3.8) is 0 Å². The maximum Gasteiger partial charge on any atom is 0.260 e. The second-order valence-corrected chi connectivity index (χ2v) is 8.23. The zero-order chi connectivity index (χ0) is 20.1. The lowest BCUT2D eigenvalue weighted by Crippen LogP contribution is -2.59. The summed E-state index contributed by atoms with van der Waals surface area (Å²) < 4.78 is 7.28. The number of hydrogen-bond acceptors (Lipinski definition) is 6. The first-order valence-electron chi connectivity index (χ1n) is 9.50. The average Bonchev–Trinajstić information content (AvgIpc) is 2.67. The highest BCUT2D eigenvalue weighted by Crippen LogP contribution is 2.39. The van der Waals surface area contributed by atoms with Gasteiger partial charge in [0.05, 0.1) is 35.0 Å². The van der Waals surface area contributed by atoms with E-state index in [0.717, 1.165) is 0 Å². The number of aliphatic hydroxyl groups excluding tert-OH is 1. The molecule has 28 heavy (non-hydrogen) atoms. The molecule has 0 radical (unpaired) electrons. The number of amides is 1. The van der Waals surface area contributed by atoms with Crippen LogP contribution in [0.3, 0.4) is 0 Å². The topological polar surface area (TPSA) is 105 Å². The summed E-state index contributed by atoms with van der Waals surface area (Å²) in [6, 6.07) is 4.96. The summed E-state index contributed by atoms with van der Waals surface area (Å²) in [5.74, 6) is -0.109. The van der Waals surface area contributed by atoms with Crippen molar-refractivity contribution in [2.75, 3.05) is 19.7 Å². The second-order valence-electron chi connectivity index (χ2n) is 8.23. The molecule has 2 atom stereocenters. The van der Waals surface area contributed by atoms with Crippen LogP contribution < -0.4 is 5.56 Å². The Morgan fingerprint density at radius 2 is 2.04 bits per heavy atom. The van der Waals surface area contributed by atoms with Crippen molar-refractivity contribution in [2.24, 2.45) is 7.05 Å². The quantitative estimate of drug-likeness (QED) is 0.736. The monoisotopic (exact) mass is 387 g/mol. The number of ether oxygens (including phenoxy) is 1. The van der Waals surface area contributed by atoms with Gasteiger partial charge in [-0.25, -0.2) is 4.98 Å². The van der Waals surface area contributed by atoms with Crippen molar-refractivity contribution in [3.05, 3.63) is 40.4 Å². The Balaban J connectivity index is 1.49. The summed E-state index contributed by atoms with van der Waals surface area (Å²) in [4.78, 5) is 31.1. The number of carbonyl (C=O) groups excluding carboxylic acids is 1. The molecule has 150 valence electrons. The highest BCUT2D eigenvalue weighted by atomic mass is 16.5. The zero-order valence-electron chi connectivity index (χ0n) is 16.1. The predicted molar refractivity (Wildman–Crippen MR) is 102 cm³/mol. The van der Waals surface area contributed by atoms with Gasteiger partial charge in [0.1, 0.15) is 6.10 Å². The molecule has 8 heteroatoms. The van der Waals surface area contributed by atoms with Crippen LogP contribution in [-0.2, 0) is 11.8 Å². The third-order valence-corrected chi connectivity index (χ3v) is 6.07. The van der Waals surface area contributed by atoms with E-state index >= 15 is 0 Å². The Morgan fingerprint density at radius 1 is 1.32 bits per heavy atom. The maximum atomic E-state index is 12.9. The molecule has 2 saturated heterocycles. The lowest BCUT2D eigenvalue weighted by molar-refractivity contribution is -0.221. The number of rotatable bonds is 1. The molecule has 0 aliphatic carbocycles. The molecule has 0 bridgehead atoms. The third kappa shape index (κ3) is 3.21. The van der Waals surface area contributed by atoms with E-state index in [1.807, 2.05) is 0 Å². The molecule has 1 amide bonds. The fourth-order valence-corrected chi connectivity index (χ4v) is 4.22. The molecule has 1 spiro atoms. The number of aliphatic hydroxyl groups is 2. The molecule has 8 nitrogen and oxygen atoms in total. The SMILES string of the molecule is Cn1cnc2cc(C(=O)N3CCC4(CC3)C[C@](C)(O)[C@@H](O)CO4)ccc2c1=O. The fraction of sp³-hybridized carbons (Fsp3) is 0.550. The number of nitrogens with zero attached hydrogens (tertiary/aromatic N) is 3. The maximum absolute atomic E-state index is 12.9. The zero-order valence-corrected chi connectivity index (χ0v) is 16.1. The van der Waals surface area contributed by atoms with Gasteiger partial charge >= 0.3 is 0 Å². The Labute approximate surface area is 162 Å². The van der Waals surface area contributed by atoms with Crippen molar-refractivity contribution in [1.29, 1.82) is 0 Å². The van der Waals surface area contributed by atoms with Crippen LogP contribution in [0.1, 0.15) is 36.5 Å². The van der Waals surface area contributed by atoms with E-state index in [0.29, 0.717) is 48.8 Å². The molecular formula is C20H25N3O5. The first kappa shape index (κ1) is 19.0. The van der Waals surface area contributed by atoms with Gasteiger partial charge in [0, 0.05) is 32.1 Å². The van der Waals surface area contributed by atoms with Gasteiger partial charge in [-0.3, -0.25) is 9.59 Å². The molecule has 2 fully saturated rings. The minimum atomic E-state index is -1.18. The van der Waals surface area contributed by atoms with E-state index in [2.05, 4.69) is 4.98 Å². The first-order valence-corrected chi connectivity index (χ1v) is 9.50. The van der Waals surface area contributed by atoms with Gasteiger partial charge < -0.3 is 24.4 Å². The highest BCUT2D eigenvalue weighted by molar-refractivity contribution is 5.97. The number of aromatic nitrogens is 2. The molecule has 2 aliphatic heterocycles. The van der Waals surface area contributed by atoms with Crippen molar-refractivity contribution in [1.82, 2.24) is 14.5 Å². The van der Waals surface area contributed by atoms with Gasteiger partial charge in [-0.1, -0.05) is 0 Å². The molecular weight excluding hydrogens is 362 g/mol. The number of aryl methyl sites for hydroxylation is 1. The Morgan fingerprint density at radius 3 is 2.71 bits per heavy atom. The highest BCUT2D eigenvalue weighted by Gasteiger charge is 2.49. The lowest BCUT2D eigenvalue weighted by Gasteiger charge is -2.49. The van der Waals surface area contributed by atoms with Crippen LogP contribution in [0.5, 0.6) is 0 Å². The van der Waals surface area contributed by atoms with E-state index in [-0.39, 0.29) is 18.1 Å². The van der Waals surface area contributed by atoms with Gasteiger partial charge in [-0.05, 0) is 38.0 Å². The minimum absolute atomic E-state index is 0.103. The molecule has 3 heterocycles. The molecule has 0 saturated carbocycles. The van der Waals surface area contributed by atoms with Gasteiger partial charge in [0.25, 0.3) is 11.5 Å². The number of likely N-dealkylation sites (tertiary alicyclic amines) is 1. The van der Waals surface area contributed by atoms with Gasteiger partial charge in [-0.2, -0.15) is 0 Å². The molecule has 0 unspecified atom stereocenters. The molecule has 1 aromatic heterocycles. The molecule has 4 rings (SSSR count). The minimum Gasteiger partial charge on any atom is -0.388 e. The summed E-state index contributed by atoms with van der Waals surface area (Å²) in [5, 5.41) is 20.8. The van der Waals surface area contributed by atoms with E-state index in [1.54, 1.807) is 37.1 Å². The van der Waals surface area contributed by atoms with Gasteiger partial charge in [-0.15, -0.1) is 0 Å². The predicted octanol–water partition coefficient (Wildman–Crippen LogP) is 0.440. The fourth-order valence-electron chi connectivity index (χ4n) is 4.22. The van der Waals surface area contributed by atoms with Crippen molar-refractivity contribution >= 4 is 16.8 Å². The normalized spacial score (nSPS) is 27.3.